The summed E-state index contributed by atoms with van der Waals surface area (Å²) in [5, 5.41) is 10.7. The van der Waals surface area contributed by atoms with Crippen LogP contribution < -0.4 is 18.9 Å². The molecule has 9 heteroatoms. The van der Waals surface area contributed by atoms with Crippen LogP contribution in [0.3, 0.4) is 0 Å². The second-order valence-corrected chi connectivity index (χ2v) is 8.12. The number of thioether (sulfide) groups is 1. The fraction of sp³-hybridized carbons (Fsp3) is 0.240. The molecular formula is C25H25N3O5S. The van der Waals surface area contributed by atoms with Crippen LogP contribution in [0.15, 0.2) is 64.6 Å². The number of amidine groups is 2. The van der Waals surface area contributed by atoms with E-state index in [2.05, 4.69) is 4.99 Å². The van der Waals surface area contributed by atoms with Crippen molar-refractivity contribution in [1.82, 2.24) is 4.90 Å². The van der Waals surface area contributed by atoms with Crippen LogP contribution in [0.1, 0.15) is 18.9 Å². The maximum atomic E-state index is 12.4. The molecule has 8 nitrogen and oxygen atoms in total. The highest BCUT2D eigenvalue weighted by atomic mass is 32.2. The SMILES string of the molecule is CCOc1cc(/C=C2/C(=N)N3C=CSC3=NC2=O)ccc1OCCCOc1cccc(OC)c1. The molecule has 1 N–H and O–H groups in total. The van der Waals surface area contributed by atoms with Crippen molar-refractivity contribution in [2.75, 3.05) is 26.9 Å². The minimum atomic E-state index is -0.429. The van der Waals surface area contributed by atoms with Crippen LogP contribution >= 0.6 is 11.8 Å². The van der Waals surface area contributed by atoms with Crippen LogP contribution in [0, 0.1) is 5.41 Å². The molecule has 0 saturated carbocycles. The maximum Gasteiger partial charge on any atom is 0.283 e. The molecule has 4 rings (SSSR count). The lowest BCUT2D eigenvalue weighted by Crippen LogP contribution is -2.35. The number of hydrogen-bond acceptors (Lipinski definition) is 7. The average molecular weight is 480 g/mol. The summed E-state index contributed by atoms with van der Waals surface area (Å²) in [4.78, 5) is 18.1. The van der Waals surface area contributed by atoms with E-state index in [1.165, 1.54) is 11.8 Å². The van der Waals surface area contributed by atoms with Gasteiger partial charge < -0.3 is 18.9 Å². The van der Waals surface area contributed by atoms with Crippen molar-refractivity contribution in [2.24, 2.45) is 4.99 Å². The van der Waals surface area contributed by atoms with E-state index in [0.29, 0.717) is 42.9 Å². The Morgan fingerprint density at radius 1 is 1.06 bits per heavy atom. The minimum Gasteiger partial charge on any atom is -0.497 e. The summed E-state index contributed by atoms with van der Waals surface area (Å²) in [5.74, 6) is 2.34. The van der Waals surface area contributed by atoms with Gasteiger partial charge in [-0.1, -0.05) is 23.9 Å². The summed E-state index contributed by atoms with van der Waals surface area (Å²) in [6, 6.07) is 12.9. The molecule has 0 aliphatic carbocycles. The number of ether oxygens (including phenoxy) is 4. The fourth-order valence-electron chi connectivity index (χ4n) is 3.32. The summed E-state index contributed by atoms with van der Waals surface area (Å²) in [6.07, 6.45) is 4.06. The molecule has 0 bridgehead atoms. The van der Waals surface area contributed by atoms with Crippen LogP contribution in [0.25, 0.3) is 6.08 Å². The van der Waals surface area contributed by atoms with Gasteiger partial charge in [-0.05, 0) is 48.2 Å². The van der Waals surface area contributed by atoms with Crippen LogP contribution in [-0.2, 0) is 4.79 Å². The summed E-state index contributed by atoms with van der Waals surface area (Å²) in [5.41, 5.74) is 0.946. The highest BCUT2D eigenvalue weighted by molar-refractivity contribution is 8.16. The van der Waals surface area contributed by atoms with Gasteiger partial charge in [0, 0.05) is 18.7 Å². The number of methoxy groups -OCH3 is 1. The summed E-state index contributed by atoms with van der Waals surface area (Å²) in [6.45, 7) is 3.31. The zero-order valence-corrected chi connectivity index (χ0v) is 19.8. The van der Waals surface area contributed by atoms with Crippen molar-refractivity contribution >= 4 is 34.7 Å². The number of rotatable bonds is 10. The predicted molar refractivity (Wildman–Crippen MR) is 133 cm³/mol. The van der Waals surface area contributed by atoms with Crippen LogP contribution in [-0.4, -0.2) is 48.7 Å². The Kier molecular flexibility index (Phi) is 7.54. The van der Waals surface area contributed by atoms with E-state index >= 15 is 0 Å². The van der Waals surface area contributed by atoms with Gasteiger partial charge in [-0.15, -0.1) is 0 Å². The Labute approximate surface area is 202 Å². The summed E-state index contributed by atoms with van der Waals surface area (Å²) < 4.78 is 22.6. The number of aliphatic imine (C=N–C) groups is 1. The number of hydrogen-bond donors (Lipinski definition) is 1. The van der Waals surface area contributed by atoms with E-state index in [-0.39, 0.29) is 11.4 Å². The van der Waals surface area contributed by atoms with Gasteiger partial charge in [-0.2, -0.15) is 4.99 Å². The van der Waals surface area contributed by atoms with Crippen molar-refractivity contribution in [1.29, 1.82) is 5.41 Å². The molecule has 0 spiro atoms. The van der Waals surface area contributed by atoms with Crippen LogP contribution in [0.4, 0.5) is 0 Å². The quantitative estimate of drug-likeness (QED) is 0.389. The topological polar surface area (TPSA) is 93.4 Å². The number of carbonyl (C=O) groups is 1. The third-order valence-electron chi connectivity index (χ3n) is 4.95. The van der Waals surface area contributed by atoms with Gasteiger partial charge in [0.15, 0.2) is 16.7 Å². The number of benzene rings is 2. The first-order chi connectivity index (χ1) is 16.6. The summed E-state index contributed by atoms with van der Waals surface area (Å²) >= 11 is 1.32. The van der Waals surface area contributed by atoms with Crippen LogP contribution in [0.5, 0.6) is 23.0 Å². The van der Waals surface area contributed by atoms with Gasteiger partial charge in [-0.25, -0.2) is 0 Å². The molecule has 1 amide bonds. The van der Waals surface area contributed by atoms with E-state index < -0.39 is 5.91 Å². The Bertz CT molecular complexity index is 1170. The second kappa shape index (κ2) is 10.9. The number of amides is 1. The zero-order valence-electron chi connectivity index (χ0n) is 18.9. The molecule has 0 fully saturated rings. The van der Waals surface area contributed by atoms with Gasteiger partial charge in [0.25, 0.3) is 5.91 Å². The largest absolute Gasteiger partial charge is 0.497 e. The van der Waals surface area contributed by atoms with E-state index in [4.69, 9.17) is 24.4 Å². The molecule has 0 saturated heterocycles. The van der Waals surface area contributed by atoms with E-state index in [0.717, 1.165) is 17.1 Å². The Balaban J connectivity index is 1.38. The van der Waals surface area contributed by atoms with Gasteiger partial charge in [-0.3, -0.25) is 15.1 Å². The van der Waals surface area contributed by atoms with E-state index in [9.17, 15) is 4.79 Å². The van der Waals surface area contributed by atoms with Gasteiger partial charge >= 0.3 is 0 Å². The average Bonchev–Trinajstić information content (AvgIpc) is 3.31. The molecule has 0 radical (unpaired) electrons. The van der Waals surface area contributed by atoms with Crippen molar-refractivity contribution < 1.29 is 23.7 Å². The van der Waals surface area contributed by atoms with Crippen molar-refractivity contribution in [3.63, 3.8) is 0 Å². The van der Waals surface area contributed by atoms with Crippen molar-refractivity contribution in [2.45, 2.75) is 13.3 Å². The first-order valence-electron chi connectivity index (χ1n) is 10.8. The lowest BCUT2D eigenvalue weighted by molar-refractivity contribution is -0.114. The van der Waals surface area contributed by atoms with E-state index in [1.807, 2.05) is 37.3 Å². The molecule has 34 heavy (non-hydrogen) atoms. The second-order valence-electron chi connectivity index (χ2n) is 7.25. The number of nitrogens with zero attached hydrogens (tertiary/aromatic N) is 2. The highest BCUT2D eigenvalue weighted by Gasteiger charge is 2.31. The Morgan fingerprint density at radius 2 is 1.88 bits per heavy atom. The maximum absolute atomic E-state index is 12.4. The first kappa shape index (κ1) is 23.4. The molecule has 2 aliphatic heterocycles. The van der Waals surface area contributed by atoms with Crippen molar-refractivity contribution in [3.05, 3.63) is 65.2 Å². The molecule has 0 unspecified atom stereocenters. The molecule has 2 heterocycles. The normalized spacial score (nSPS) is 15.9. The zero-order chi connectivity index (χ0) is 23.9. The smallest absolute Gasteiger partial charge is 0.283 e. The molecule has 176 valence electrons. The molecular weight excluding hydrogens is 454 g/mol. The minimum absolute atomic E-state index is 0.102. The molecule has 2 aliphatic rings. The fourth-order valence-corrected chi connectivity index (χ4v) is 4.03. The molecule has 0 aromatic heterocycles. The van der Waals surface area contributed by atoms with Crippen LogP contribution in [0.2, 0.25) is 0 Å². The molecule has 2 aromatic rings. The third kappa shape index (κ3) is 5.43. The van der Waals surface area contributed by atoms with Gasteiger partial charge in [0.1, 0.15) is 17.3 Å². The van der Waals surface area contributed by atoms with Gasteiger partial charge in [0.05, 0.1) is 32.5 Å². The number of carbonyl (C=O) groups excluding carboxylic acids is 1. The lowest BCUT2D eigenvalue weighted by Gasteiger charge is -2.22. The Hall–Kier alpha value is -3.72. The highest BCUT2D eigenvalue weighted by Crippen LogP contribution is 2.31. The predicted octanol–water partition coefficient (Wildman–Crippen LogP) is 4.72. The van der Waals surface area contributed by atoms with Crippen molar-refractivity contribution in [3.8, 4) is 23.0 Å². The first-order valence-corrected chi connectivity index (χ1v) is 11.7. The van der Waals surface area contributed by atoms with Gasteiger partial charge in [0.2, 0.25) is 0 Å². The summed E-state index contributed by atoms with van der Waals surface area (Å²) in [7, 11) is 1.62. The third-order valence-corrected chi connectivity index (χ3v) is 5.70. The Morgan fingerprint density at radius 3 is 2.71 bits per heavy atom. The monoisotopic (exact) mass is 479 g/mol. The lowest BCUT2D eigenvalue weighted by atomic mass is 10.1. The number of nitrogens with one attached hydrogen (secondary N) is 1. The molecule has 0 atom stereocenters. The standard InChI is InChI=1S/C25H25N3O5S/c1-3-31-22-15-17(14-20-23(26)28-10-13-34-25(28)27-24(20)29)8-9-21(22)33-12-5-11-32-19-7-4-6-18(16-19)30-2/h4,6-10,13-16,26H,3,5,11-12H2,1-2H3/b20-14-,26-23?. The number of fused-ring (bicyclic) bond motifs is 1. The molecule has 2 aromatic carbocycles. The van der Waals surface area contributed by atoms with E-state index in [1.54, 1.807) is 41.8 Å².